The molecule has 1 N–H and O–H groups in total. The average molecular weight is 282 g/mol. The van der Waals surface area contributed by atoms with E-state index in [1.54, 1.807) is 6.92 Å². The molecule has 2 nitrogen and oxygen atoms in total. The van der Waals surface area contributed by atoms with Crippen LogP contribution in [0.5, 0.6) is 11.5 Å². The molecule has 1 aromatic rings. The van der Waals surface area contributed by atoms with Crippen LogP contribution in [0.2, 0.25) is 0 Å². The van der Waals surface area contributed by atoms with Gasteiger partial charge in [-0.05, 0) is 35.6 Å². The van der Waals surface area contributed by atoms with Crippen LogP contribution in [-0.2, 0) is 0 Å². The number of rotatable bonds is 2. The molecule has 12 heavy (non-hydrogen) atoms. The third-order valence-corrected chi connectivity index (χ3v) is 2.08. The summed E-state index contributed by atoms with van der Waals surface area (Å²) in [4.78, 5) is 0. The number of phenols is 1. The summed E-state index contributed by atoms with van der Waals surface area (Å²) < 4.78 is 18.3. The van der Waals surface area contributed by atoms with Crippen molar-refractivity contribution < 1.29 is 14.2 Å². The molecule has 0 radical (unpaired) electrons. The summed E-state index contributed by atoms with van der Waals surface area (Å²) in [5.74, 6) is -0.263. The zero-order valence-electron chi connectivity index (χ0n) is 6.47. The average Bonchev–Trinajstić information content (AvgIpc) is 1.96. The van der Waals surface area contributed by atoms with Crippen LogP contribution in [0.4, 0.5) is 4.39 Å². The Labute approximate surface area is 83.5 Å². The fraction of sp³-hybridized carbons (Fsp3) is 0.250. The minimum Gasteiger partial charge on any atom is -0.504 e. The molecule has 0 aliphatic rings. The van der Waals surface area contributed by atoms with E-state index in [-0.39, 0.29) is 5.75 Å². The number of aromatic hydroxyl groups is 1. The number of ether oxygens (including phenoxy) is 1. The van der Waals surface area contributed by atoms with Crippen molar-refractivity contribution in [2.45, 2.75) is 6.92 Å². The second kappa shape index (κ2) is 3.93. The van der Waals surface area contributed by atoms with E-state index < -0.39 is 5.82 Å². The summed E-state index contributed by atoms with van der Waals surface area (Å²) in [6.07, 6.45) is 0. The standard InChI is InChI=1S/C8H8FIO2/c1-2-12-8-6(10)3-5(9)4-7(8)11/h3-4,11H,2H2,1H3. The van der Waals surface area contributed by atoms with Gasteiger partial charge in [-0.2, -0.15) is 0 Å². The lowest BCUT2D eigenvalue weighted by Crippen LogP contribution is -1.94. The van der Waals surface area contributed by atoms with Crippen molar-refractivity contribution in [1.82, 2.24) is 0 Å². The van der Waals surface area contributed by atoms with Crippen LogP contribution in [0.1, 0.15) is 6.92 Å². The molecule has 0 saturated heterocycles. The van der Waals surface area contributed by atoms with E-state index in [9.17, 15) is 9.50 Å². The van der Waals surface area contributed by atoms with Crippen molar-refractivity contribution in [2.75, 3.05) is 6.61 Å². The second-order valence-corrected chi connectivity index (χ2v) is 3.33. The molecular formula is C8H8FIO2. The lowest BCUT2D eigenvalue weighted by molar-refractivity contribution is 0.314. The second-order valence-electron chi connectivity index (χ2n) is 2.17. The Morgan fingerprint density at radius 2 is 2.25 bits per heavy atom. The number of hydrogen-bond acceptors (Lipinski definition) is 2. The van der Waals surface area contributed by atoms with Gasteiger partial charge in [-0.25, -0.2) is 4.39 Å². The van der Waals surface area contributed by atoms with Gasteiger partial charge in [-0.1, -0.05) is 0 Å². The quantitative estimate of drug-likeness (QED) is 0.845. The van der Waals surface area contributed by atoms with Gasteiger partial charge in [0.15, 0.2) is 11.5 Å². The normalized spacial score (nSPS) is 9.92. The topological polar surface area (TPSA) is 29.5 Å². The molecule has 0 heterocycles. The molecule has 0 aliphatic heterocycles. The molecule has 0 fully saturated rings. The molecule has 0 unspecified atom stereocenters. The summed E-state index contributed by atoms with van der Waals surface area (Å²) in [7, 11) is 0. The summed E-state index contributed by atoms with van der Waals surface area (Å²) in [5.41, 5.74) is 0. The maximum Gasteiger partial charge on any atom is 0.174 e. The third-order valence-electron chi connectivity index (χ3n) is 1.28. The minimum absolute atomic E-state index is 0.152. The molecule has 0 amide bonds. The molecule has 0 bridgehead atoms. The molecule has 1 rings (SSSR count). The highest BCUT2D eigenvalue weighted by atomic mass is 127. The Morgan fingerprint density at radius 3 is 2.75 bits per heavy atom. The fourth-order valence-electron chi connectivity index (χ4n) is 0.834. The molecule has 4 heteroatoms. The van der Waals surface area contributed by atoms with Crippen molar-refractivity contribution in [3.8, 4) is 11.5 Å². The van der Waals surface area contributed by atoms with Crippen LogP contribution in [0.15, 0.2) is 12.1 Å². The van der Waals surface area contributed by atoms with Gasteiger partial charge in [0.2, 0.25) is 0 Å². The lowest BCUT2D eigenvalue weighted by Gasteiger charge is -2.07. The number of phenolic OH excluding ortho intramolecular Hbond substituents is 1. The van der Waals surface area contributed by atoms with E-state index >= 15 is 0 Å². The Bertz CT molecular complexity index is 265. The van der Waals surface area contributed by atoms with Gasteiger partial charge in [0.05, 0.1) is 10.2 Å². The van der Waals surface area contributed by atoms with Gasteiger partial charge in [-0.3, -0.25) is 0 Å². The van der Waals surface area contributed by atoms with Gasteiger partial charge in [0, 0.05) is 6.07 Å². The van der Waals surface area contributed by atoms with E-state index in [1.807, 2.05) is 22.6 Å². The van der Waals surface area contributed by atoms with Crippen LogP contribution < -0.4 is 4.74 Å². The Morgan fingerprint density at radius 1 is 1.58 bits per heavy atom. The number of benzene rings is 1. The first-order chi connectivity index (χ1) is 5.65. The van der Waals surface area contributed by atoms with E-state index in [0.29, 0.717) is 15.9 Å². The van der Waals surface area contributed by atoms with Gasteiger partial charge in [-0.15, -0.1) is 0 Å². The van der Waals surface area contributed by atoms with Crippen molar-refractivity contribution in [3.05, 3.63) is 21.5 Å². The van der Waals surface area contributed by atoms with Gasteiger partial charge in [0.25, 0.3) is 0 Å². The zero-order chi connectivity index (χ0) is 9.14. The minimum atomic E-state index is -0.458. The molecule has 66 valence electrons. The van der Waals surface area contributed by atoms with Crippen LogP contribution >= 0.6 is 22.6 Å². The Balaban J connectivity index is 3.10. The van der Waals surface area contributed by atoms with Crippen molar-refractivity contribution in [3.63, 3.8) is 0 Å². The summed E-state index contributed by atoms with van der Waals surface area (Å²) >= 11 is 1.91. The maximum atomic E-state index is 12.6. The predicted octanol–water partition coefficient (Wildman–Crippen LogP) is 2.53. The number of hydrogen-bond donors (Lipinski definition) is 1. The molecule has 0 aromatic heterocycles. The smallest absolute Gasteiger partial charge is 0.174 e. The third kappa shape index (κ3) is 2.00. The van der Waals surface area contributed by atoms with Crippen LogP contribution in [0.25, 0.3) is 0 Å². The van der Waals surface area contributed by atoms with Crippen molar-refractivity contribution in [2.24, 2.45) is 0 Å². The highest BCUT2D eigenvalue weighted by molar-refractivity contribution is 14.1. The largest absolute Gasteiger partial charge is 0.504 e. The molecule has 0 atom stereocenters. The number of halogens is 2. The van der Waals surface area contributed by atoms with Crippen molar-refractivity contribution in [1.29, 1.82) is 0 Å². The van der Waals surface area contributed by atoms with Gasteiger partial charge >= 0.3 is 0 Å². The molecule has 1 aromatic carbocycles. The van der Waals surface area contributed by atoms with Crippen LogP contribution in [-0.4, -0.2) is 11.7 Å². The first-order valence-electron chi connectivity index (χ1n) is 3.46. The van der Waals surface area contributed by atoms with Crippen LogP contribution in [0, 0.1) is 9.39 Å². The van der Waals surface area contributed by atoms with Gasteiger partial charge in [0.1, 0.15) is 5.82 Å². The van der Waals surface area contributed by atoms with E-state index in [0.717, 1.165) is 6.07 Å². The predicted molar refractivity (Wildman–Crippen MR) is 52.0 cm³/mol. The van der Waals surface area contributed by atoms with Gasteiger partial charge < -0.3 is 9.84 Å². The van der Waals surface area contributed by atoms with Crippen molar-refractivity contribution >= 4 is 22.6 Å². The lowest BCUT2D eigenvalue weighted by atomic mass is 10.3. The molecule has 0 aliphatic carbocycles. The summed E-state index contributed by atoms with van der Waals surface area (Å²) in [6.45, 7) is 2.26. The first-order valence-corrected chi connectivity index (χ1v) is 4.53. The summed E-state index contributed by atoms with van der Waals surface area (Å²) in [6, 6.07) is 2.35. The first kappa shape index (κ1) is 9.57. The van der Waals surface area contributed by atoms with Crippen LogP contribution in [0.3, 0.4) is 0 Å². The van der Waals surface area contributed by atoms with E-state index in [4.69, 9.17) is 4.74 Å². The zero-order valence-corrected chi connectivity index (χ0v) is 8.63. The summed E-state index contributed by atoms with van der Waals surface area (Å²) in [5, 5.41) is 9.23. The van der Waals surface area contributed by atoms with E-state index in [2.05, 4.69) is 0 Å². The molecule has 0 spiro atoms. The molecule has 0 saturated carbocycles. The monoisotopic (exact) mass is 282 g/mol. The fourth-order valence-corrected chi connectivity index (χ4v) is 1.56. The Hall–Kier alpha value is -0.520. The Kier molecular flexibility index (Phi) is 3.13. The highest BCUT2D eigenvalue weighted by Gasteiger charge is 2.08. The van der Waals surface area contributed by atoms with E-state index in [1.165, 1.54) is 6.07 Å². The molecular weight excluding hydrogens is 274 g/mol. The maximum absolute atomic E-state index is 12.6. The highest BCUT2D eigenvalue weighted by Crippen LogP contribution is 2.32. The SMILES string of the molecule is CCOc1c(O)cc(F)cc1I.